The van der Waals surface area contributed by atoms with E-state index in [0.29, 0.717) is 12.8 Å². The number of benzene rings is 1. The van der Waals surface area contributed by atoms with Crippen LogP contribution in [0, 0.1) is 15.5 Å². The van der Waals surface area contributed by atoms with Crippen molar-refractivity contribution in [2.75, 3.05) is 6.54 Å². The van der Waals surface area contributed by atoms with E-state index in [9.17, 15) is 24.8 Å². The van der Waals surface area contributed by atoms with Gasteiger partial charge in [-0.2, -0.15) is 0 Å². The molecule has 7 heteroatoms. The number of rotatable bonds is 5. The maximum absolute atomic E-state index is 12.0. The van der Waals surface area contributed by atoms with Crippen molar-refractivity contribution in [3.63, 3.8) is 0 Å². The summed E-state index contributed by atoms with van der Waals surface area (Å²) < 4.78 is 0. The molecule has 7 nitrogen and oxygen atoms in total. The molecule has 0 heterocycles. The van der Waals surface area contributed by atoms with Gasteiger partial charge in [0.2, 0.25) is 0 Å². The molecule has 21 heavy (non-hydrogen) atoms. The third kappa shape index (κ3) is 3.18. The van der Waals surface area contributed by atoms with Crippen molar-refractivity contribution in [3.05, 3.63) is 39.9 Å². The first-order chi connectivity index (χ1) is 9.94. The fourth-order valence-corrected chi connectivity index (χ4v) is 2.63. The zero-order valence-corrected chi connectivity index (χ0v) is 11.4. The Morgan fingerprint density at radius 3 is 2.57 bits per heavy atom. The molecule has 1 aromatic rings. The van der Waals surface area contributed by atoms with Gasteiger partial charge in [-0.05, 0) is 18.9 Å². The minimum absolute atomic E-state index is 0.0455. The molecule has 0 aliphatic heterocycles. The highest BCUT2D eigenvalue weighted by molar-refractivity contribution is 5.95. The largest absolute Gasteiger partial charge is 0.481 e. The van der Waals surface area contributed by atoms with Crippen LogP contribution in [0.5, 0.6) is 0 Å². The number of hydrogen-bond donors (Lipinski definition) is 2. The highest BCUT2D eigenvalue weighted by Crippen LogP contribution is 2.37. The Morgan fingerprint density at radius 1 is 1.33 bits per heavy atom. The predicted molar refractivity (Wildman–Crippen MR) is 74.0 cm³/mol. The molecule has 1 fully saturated rings. The van der Waals surface area contributed by atoms with Crippen LogP contribution in [0.1, 0.15) is 36.0 Å². The first-order valence-corrected chi connectivity index (χ1v) is 6.71. The summed E-state index contributed by atoms with van der Waals surface area (Å²) in [6.07, 6.45) is 2.74. The summed E-state index contributed by atoms with van der Waals surface area (Å²) in [4.78, 5) is 33.5. The zero-order valence-electron chi connectivity index (χ0n) is 11.4. The molecule has 1 amide bonds. The summed E-state index contributed by atoms with van der Waals surface area (Å²) >= 11 is 0. The number of nitrogens with zero attached hydrogens (tertiary/aromatic N) is 1. The van der Waals surface area contributed by atoms with Gasteiger partial charge < -0.3 is 10.4 Å². The molecule has 2 rings (SSSR count). The molecule has 0 aromatic heterocycles. The van der Waals surface area contributed by atoms with Crippen LogP contribution in [-0.4, -0.2) is 28.5 Å². The molecule has 0 unspecified atom stereocenters. The molecule has 2 N–H and O–H groups in total. The van der Waals surface area contributed by atoms with Crippen molar-refractivity contribution in [3.8, 4) is 0 Å². The van der Waals surface area contributed by atoms with Crippen molar-refractivity contribution < 1.29 is 19.6 Å². The number of nitro benzene ring substituents is 1. The smallest absolute Gasteiger partial charge is 0.311 e. The maximum Gasteiger partial charge on any atom is 0.311 e. The molecule has 1 saturated carbocycles. The number of nitro groups is 1. The number of non-ortho nitro benzene ring substituents is 1. The van der Waals surface area contributed by atoms with E-state index in [1.807, 2.05) is 0 Å². The predicted octanol–water partition coefficient (Wildman–Crippen LogP) is 1.97. The number of carbonyl (C=O) groups excluding carboxylic acids is 1. The van der Waals surface area contributed by atoms with E-state index in [-0.39, 0.29) is 17.8 Å². The van der Waals surface area contributed by atoms with E-state index in [1.54, 1.807) is 0 Å². The second-order valence-electron chi connectivity index (χ2n) is 5.28. The second-order valence-corrected chi connectivity index (χ2v) is 5.28. The van der Waals surface area contributed by atoms with Crippen LogP contribution < -0.4 is 5.32 Å². The number of carboxylic acids is 1. The van der Waals surface area contributed by atoms with E-state index in [2.05, 4.69) is 5.32 Å². The zero-order chi connectivity index (χ0) is 15.5. The lowest BCUT2D eigenvalue weighted by Crippen LogP contribution is -2.41. The Morgan fingerprint density at radius 2 is 2.00 bits per heavy atom. The first kappa shape index (κ1) is 15.0. The molecular formula is C14H16N2O5. The average molecular weight is 292 g/mol. The summed E-state index contributed by atoms with van der Waals surface area (Å²) in [5.41, 5.74) is -0.921. The number of nitrogens with one attached hydrogen (secondary N) is 1. The van der Waals surface area contributed by atoms with Crippen LogP contribution >= 0.6 is 0 Å². The van der Waals surface area contributed by atoms with Gasteiger partial charge in [-0.3, -0.25) is 19.7 Å². The summed E-state index contributed by atoms with van der Waals surface area (Å²) in [5.74, 6) is -1.40. The minimum atomic E-state index is -0.906. The third-order valence-electron chi connectivity index (χ3n) is 3.92. The highest BCUT2D eigenvalue weighted by atomic mass is 16.6. The van der Waals surface area contributed by atoms with Crippen molar-refractivity contribution in [2.24, 2.45) is 5.41 Å². The van der Waals surface area contributed by atoms with Crippen molar-refractivity contribution in [1.29, 1.82) is 0 Å². The lowest BCUT2D eigenvalue weighted by Gasteiger charge is -2.23. The van der Waals surface area contributed by atoms with Crippen molar-refractivity contribution in [1.82, 2.24) is 5.32 Å². The Balaban J connectivity index is 2.06. The Bertz CT molecular complexity index is 578. The summed E-state index contributed by atoms with van der Waals surface area (Å²) in [6, 6.07) is 5.36. The topological polar surface area (TPSA) is 110 Å². The SMILES string of the molecule is O=C(NCC1(C(=O)O)CCCC1)c1cccc([N+](=O)[O-])c1. The van der Waals surface area contributed by atoms with Gasteiger partial charge in [0, 0.05) is 24.2 Å². The maximum atomic E-state index is 12.0. The van der Waals surface area contributed by atoms with Gasteiger partial charge in [0.15, 0.2) is 0 Å². The van der Waals surface area contributed by atoms with Crippen LogP contribution in [0.2, 0.25) is 0 Å². The molecule has 1 aliphatic rings. The lowest BCUT2D eigenvalue weighted by molar-refractivity contribution is -0.384. The van der Waals surface area contributed by atoms with Gasteiger partial charge in [-0.1, -0.05) is 18.9 Å². The van der Waals surface area contributed by atoms with E-state index >= 15 is 0 Å². The lowest BCUT2D eigenvalue weighted by atomic mass is 9.86. The number of carbonyl (C=O) groups is 2. The molecule has 1 aliphatic carbocycles. The quantitative estimate of drug-likeness (QED) is 0.637. The van der Waals surface area contributed by atoms with Gasteiger partial charge in [0.1, 0.15) is 0 Å². The fraction of sp³-hybridized carbons (Fsp3) is 0.429. The van der Waals surface area contributed by atoms with E-state index in [4.69, 9.17) is 0 Å². The Labute approximate surface area is 121 Å². The molecule has 0 spiro atoms. The number of amides is 1. The third-order valence-corrected chi connectivity index (χ3v) is 3.92. The van der Waals surface area contributed by atoms with Crippen LogP contribution in [-0.2, 0) is 4.79 Å². The van der Waals surface area contributed by atoms with Crippen molar-refractivity contribution >= 4 is 17.6 Å². The molecule has 0 radical (unpaired) electrons. The van der Waals surface area contributed by atoms with Crippen LogP contribution in [0.25, 0.3) is 0 Å². The molecule has 1 aromatic carbocycles. The number of aliphatic carboxylic acids is 1. The number of hydrogen-bond acceptors (Lipinski definition) is 4. The highest BCUT2D eigenvalue weighted by Gasteiger charge is 2.41. The molecule has 0 bridgehead atoms. The molecule has 0 atom stereocenters. The number of carboxylic acid groups (broad SMARTS) is 1. The van der Waals surface area contributed by atoms with Gasteiger partial charge in [-0.25, -0.2) is 0 Å². The Hall–Kier alpha value is -2.44. The van der Waals surface area contributed by atoms with Gasteiger partial charge in [-0.15, -0.1) is 0 Å². The summed E-state index contributed by atoms with van der Waals surface area (Å²) in [5, 5.41) is 22.6. The van der Waals surface area contributed by atoms with Gasteiger partial charge in [0.25, 0.3) is 11.6 Å². The fourth-order valence-electron chi connectivity index (χ4n) is 2.63. The molecule has 112 valence electrons. The van der Waals surface area contributed by atoms with E-state index < -0.39 is 22.2 Å². The average Bonchev–Trinajstić information content (AvgIpc) is 2.95. The van der Waals surface area contributed by atoms with E-state index in [0.717, 1.165) is 12.8 Å². The standard InChI is InChI=1S/C14H16N2O5/c17-12(10-4-3-5-11(8-10)16(20)21)15-9-14(13(18)19)6-1-2-7-14/h3-5,8H,1-2,6-7,9H2,(H,15,17)(H,18,19). The van der Waals surface area contributed by atoms with Crippen LogP contribution in [0.4, 0.5) is 5.69 Å². The summed E-state index contributed by atoms with van der Waals surface area (Å²) in [7, 11) is 0. The second kappa shape index (κ2) is 5.90. The van der Waals surface area contributed by atoms with E-state index in [1.165, 1.54) is 24.3 Å². The monoisotopic (exact) mass is 292 g/mol. The van der Waals surface area contributed by atoms with Gasteiger partial charge >= 0.3 is 5.97 Å². The van der Waals surface area contributed by atoms with Crippen LogP contribution in [0.15, 0.2) is 24.3 Å². The Kier molecular flexibility index (Phi) is 4.21. The first-order valence-electron chi connectivity index (χ1n) is 6.71. The summed E-state index contributed by atoms with van der Waals surface area (Å²) in [6.45, 7) is 0.0455. The molecular weight excluding hydrogens is 276 g/mol. The van der Waals surface area contributed by atoms with Crippen molar-refractivity contribution in [2.45, 2.75) is 25.7 Å². The normalized spacial score (nSPS) is 16.4. The van der Waals surface area contributed by atoms with Gasteiger partial charge in [0.05, 0.1) is 10.3 Å². The van der Waals surface area contributed by atoms with Crippen LogP contribution in [0.3, 0.4) is 0 Å². The molecule has 0 saturated heterocycles. The minimum Gasteiger partial charge on any atom is -0.481 e.